The van der Waals surface area contributed by atoms with Crippen LogP contribution in [0.15, 0.2) is 4.52 Å². The zero-order chi connectivity index (χ0) is 20.7. The van der Waals surface area contributed by atoms with Gasteiger partial charge in [0, 0.05) is 6.42 Å². The molecule has 152 valence electrons. The lowest BCUT2D eigenvalue weighted by molar-refractivity contribution is -0.141. The zero-order valence-electron chi connectivity index (χ0n) is 14.7. The number of nitrogens with one attached hydrogen (secondary N) is 2. The number of aliphatic hydroxyl groups is 2. The number of hydrogen-bond donors (Lipinski definition) is 7. The summed E-state index contributed by atoms with van der Waals surface area (Å²) in [5, 5.41) is 44.6. The van der Waals surface area contributed by atoms with Gasteiger partial charge in [0.15, 0.2) is 11.9 Å². The third kappa shape index (κ3) is 6.80. The molecule has 0 saturated carbocycles. The monoisotopic (exact) mass is 389 g/mol. The first-order valence-electron chi connectivity index (χ1n) is 7.99. The van der Waals surface area contributed by atoms with Crippen LogP contribution in [0.4, 0.5) is 4.79 Å². The van der Waals surface area contributed by atoms with Crippen molar-refractivity contribution in [3.05, 3.63) is 11.7 Å². The number of nitrogens with zero attached hydrogens (tertiary/aromatic N) is 2. The summed E-state index contributed by atoms with van der Waals surface area (Å²) in [4.78, 5) is 37.8. The van der Waals surface area contributed by atoms with Crippen molar-refractivity contribution in [3.8, 4) is 0 Å². The number of carbonyl (C=O) groups is 3. The summed E-state index contributed by atoms with van der Waals surface area (Å²) in [7, 11) is 0. The molecule has 8 N–H and O–H groups in total. The Hall–Kier alpha value is -2.77. The van der Waals surface area contributed by atoms with E-state index in [0.29, 0.717) is 0 Å². The van der Waals surface area contributed by atoms with Crippen LogP contribution in [0.25, 0.3) is 0 Å². The molecular weight excluding hydrogens is 366 g/mol. The summed E-state index contributed by atoms with van der Waals surface area (Å²) in [6, 6.07) is -4.58. The lowest BCUT2D eigenvalue weighted by Crippen LogP contribution is -2.51. The van der Waals surface area contributed by atoms with E-state index in [1.165, 1.54) is 13.8 Å². The highest BCUT2D eigenvalue weighted by molar-refractivity contribution is 5.83. The van der Waals surface area contributed by atoms with Gasteiger partial charge in [-0.2, -0.15) is 4.98 Å². The van der Waals surface area contributed by atoms with Gasteiger partial charge in [-0.15, -0.1) is 0 Å². The molecule has 0 radical (unpaired) electrons. The van der Waals surface area contributed by atoms with Gasteiger partial charge in [-0.05, 0) is 20.3 Å². The van der Waals surface area contributed by atoms with E-state index in [0.717, 1.165) is 0 Å². The Morgan fingerprint density at radius 3 is 2.26 bits per heavy atom. The van der Waals surface area contributed by atoms with Crippen LogP contribution in [0.5, 0.6) is 0 Å². The molecule has 13 heteroatoms. The normalized spacial score (nSPS) is 16.6. The van der Waals surface area contributed by atoms with Gasteiger partial charge >= 0.3 is 18.0 Å². The summed E-state index contributed by atoms with van der Waals surface area (Å²) in [6.45, 7) is 2.60. The van der Waals surface area contributed by atoms with Crippen LogP contribution >= 0.6 is 0 Å². The number of amides is 2. The predicted molar refractivity (Wildman–Crippen MR) is 87.3 cm³/mol. The lowest BCUT2D eigenvalue weighted by Gasteiger charge is -2.20. The quantitative estimate of drug-likeness (QED) is 0.243. The number of nitrogens with two attached hydrogens (primary N) is 1. The average Bonchev–Trinajstić information content (AvgIpc) is 3.04. The smallest absolute Gasteiger partial charge is 0.328 e. The van der Waals surface area contributed by atoms with Crippen molar-refractivity contribution in [2.24, 2.45) is 5.73 Å². The van der Waals surface area contributed by atoms with Crippen molar-refractivity contribution < 1.29 is 39.3 Å². The van der Waals surface area contributed by atoms with Gasteiger partial charge in [0.05, 0.1) is 18.2 Å². The second kappa shape index (κ2) is 9.80. The van der Waals surface area contributed by atoms with Crippen LogP contribution in [0.3, 0.4) is 0 Å². The number of aliphatic carboxylic acids is 2. The standard InChI is InChI=1S/C14H23N5O8/c1-5(20)9(15)11-18-12(27-19-11)7(3-4-8(22)23)16-14(26)17-10(6(2)21)13(24)25/h5-7,9-10,20-21H,3-4,15H2,1-2H3,(H,22,23)(H,24,25)(H2,16,17,26)/t5?,6?,7-,9?,10?/m0/s1. The Balaban J connectivity index is 2.93. The molecule has 0 bridgehead atoms. The van der Waals surface area contributed by atoms with Gasteiger partial charge in [-0.25, -0.2) is 9.59 Å². The van der Waals surface area contributed by atoms with Crippen molar-refractivity contribution in [1.82, 2.24) is 20.8 Å². The fraction of sp³-hybridized carbons (Fsp3) is 0.643. The first-order chi connectivity index (χ1) is 12.5. The second-order valence-electron chi connectivity index (χ2n) is 5.92. The van der Waals surface area contributed by atoms with E-state index in [-0.39, 0.29) is 24.6 Å². The fourth-order valence-electron chi connectivity index (χ4n) is 1.99. The molecular formula is C14H23N5O8. The van der Waals surface area contributed by atoms with Crippen LogP contribution in [-0.2, 0) is 9.59 Å². The molecule has 5 atom stereocenters. The van der Waals surface area contributed by atoms with Gasteiger partial charge in [-0.1, -0.05) is 5.16 Å². The average molecular weight is 389 g/mol. The molecule has 13 nitrogen and oxygen atoms in total. The van der Waals surface area contributed by atoms with E-state index < -0.39 is 48.3 Å². The van der Waals surface area contributed by atoms with Crippen molar-refractivity contribution in [3.63, 3.8) is 0 Å². The first kappa shape index (κ1) is 22.3. The van der Waals surface area contributed by atoms with Gasteiger partial charge in [0.2, 0.25) is 5.89 Å². The van der Waals surface area contributed by atoms with Crippen LogP contribution < -0.4 is 16.4 Å². The largest absolute Gasteiger partial charge is 0.481 e. The van der Waals surface area contributed by atoms with Gasteiger partial charge in [-0.3, -0.25) is 4.79 Å². The van der Waals surface area contributed by atoms with Crippen molar-refractivity contribution in [2.45, 2.75) is 57.0 Å². The minimum atomic E-state index is -1.58. The third-order valence-electron chi connectivity index (χ3n) is 3.56. The lowest BCUT2D eigenvalue weighted by atomic mass is 10.1. The number of rotatable bonds is 10. The predicted octanol–water partition coefficient (Wildman–Crippen LogP) is -1.51. The molecule has 27 heavy (non-hydrogen) atoms. The maximum atomic E-state index is 12.0. The molecule has 0 aromatic carbocycles. The van der Waals surface area contributed by atoms with Crippen LogP contribution in [0, 0.1) is 0 Å². The highest BCUT2D eigenvalue weighted by Crippen LogP contribution is 2.19. The van der Waals surface area contributed by atoms with E-state index in [1.807, 2.05) is 0 Å². The topological polar surface area (TPSA) is 221 Å². The molecule has 0 saturated heterocycles. The molecule has 1 aromatic heterocycles. The van der Waals surface area contributed by atoms with Gasteiger partial charge in [0.25, 0.3) is 0 Å². The summed E-state index contributed by atoms with van der Waals surface area (Å²) in [6.07, 6.45) is -2.85. The molecule has 1 heterocycles. The van der Waals surface area contributed by atoms with Crippen LogP contribution in [0.1, 0.15) is 50.5 Å². The van der Waals surface area contributed by atoms with Crippen LogP contribution in [-0.4, -0.2) is 66.8 Å². The van der Waals surface area contributed by atoms with E-state index in [9.17, 15) is 24.6 Å². The minimum absolute atomic E-state index is 0.0464. The molecule has 0 spiro atoms. The molecule has 4 unspecified atom stereocenters. The number of aromatic nitrogens is 2. The van der Waals surface area contributed by atoms with Gasteiger partial charge in [0.1, 0.15) is 6.04 Å². The maximum absolute atomic E-state index is 12.0. The van der Waals surface area contributed by atoms with E-state index in [4.69, 9.17) is 20.5 Å². The molecule has 0 aliphatic heterocycles. The maximum Gasteiger partial charge on any atom is 0.328 e. The minimum Gasteiger partial charge on any atom is -0.481 e. The van der Waals surface area contributed by atoms with Crippen molar-refractivity contribution in [1.29, 1.82) is 0 Å². The summed E-state index contributed by atoms with van der Waals surface area (Å²) < 4.78 is 4.98. The second-order valence-corrected chi connectivity index (χ2v) is 5.92. The Bertz CT molecular complexity index is 662. The molecule has 0 fully saturated rings. The highest BCUT2D eigenvalue weighted by atomic mass is 16.5. The van der Waals surface area contributed by atoms with E-state index in [2.05, 4.69) is 20.8 Å². The number of carboxylic acid groups (broad SMARTS) is 2. The Morgan fingerprint density at radius 1 is 1.15 bits per heavy atom. The Labute approximate surface area is 153 Å². The fourth-order valence-corrected chi connectivity index (χ4v) is 1.99. The molecule has 2 amide bonds. The zero-order valence-corrected chi connectivity index (χ0v) is 14.7. The number of hydrogen-bond acceptors (Lipinski definition) is 9. The van der Waals surface area contributed by atoms with E-state index in [1.54, 1.807) is 0 Å². The molecule has 1 rings (SSSR count). The SMILES string of the molecule is CC(O)C(NC(=O)N[C@@H](CCC(=O)O)c1nc(C(N)C(C)O)no1)C(=O)O. The first-order valence-corrected chi connectivity index (χ1v) is 7.99. The van der Waals surface area contributed by atoms with Gasteiger partial charge < -0.3 is 41.3 Å². The Morgan fingerprint density at radius 2 is 1.78 bits per heavy atom. The molecule has 1 aromatic rings. The molecule has 0 aliphatic carbocycles. The highest BCUT2D eigenvalue weighted by Gasteiger charge is 2.29. The number of aliphatic hydroxyl groups excluding tert-OH is 2. The third-order valence-corrected chi connectivity index (χ3v) is 3.56. The van der Waals surface area contributed by atoms with Crippen molar-refractivity contribution in [2.75, 3.05) is 0 Å². The van der Waals surface area contributed by atoms with E-state index >= 15 is 0 Å². The molecule has 0 aliphatic rings. The Kier molecular flexibility index (Phi) is 8.08. The summed E-state index contributed by atoms with van der Waals surface area (Å²) >= 11 is 0. The number of carbonyl (C=O) groups excluding carboxylic acids is 1. The number of urea groups is 1. The number of carboxylic acids is 2. The van der Waals surface area contributed by atoms with Crippen LogP contribution in [0.2, 0.25) is 0 Å². The summed E-state index contributed by atoms with van der Waals surface area (Å²) in [5.41, 5.74) is 5.69. The van der Waals surface area contributed by atoms with Crippen molar-refractivity contribution >= 4 is 18.0 Å². The summed E-state index contributed by atoms with van der Waals surface area (Å²) in [5.74, 6) is -2.81.